The molecule has 0 unspecified atom stereocenters. The number of carbonyl (C=O) groups is 1. The molecule has 1 aliphatic heterocycles. The van der Waals surface area contributed by atoms with Crippen molar-refractivity contribution in [3.8, 4) is 16.3 Å². The van der Waals surface area contributed by atoms with E-state index in [0.29, 0.717) is 12.1 Å². The Balaban J connectivity index is 1.73. The van der Waals surface area contributed by atoms with E-state index in [2.05, 4.69) is 18.1 Å². The average molecular weight is 433 g/mol. The Kier molecular flexibility index (Phi) is 4.78. The van der Waals surface area contributed by atoms with Crippen LogP contribution in [0.2, 0.25) is 0 Å². The van der Waals surface area contributed by atoms with Gasteiger partial charge in [0.2, 0.25) is 0 Å². The summed E-state index contributed by atoms with van der Waals surface area (Å²) in [6.07, 6.45) is 1.87. The van der Waals surface area contributed by atoms with E-state index in [4.69, 9.17) is 9.72 Å². The molecule has 3 aromatic heterocycles. The van der Waals surface area contributed by atoms with Crippen LogP contribution < -0.4 is 9.64 Å². The molecular weight excluding hydrogens is 408 g/mol. The van der Waals surface area contributed by atoms with Gasteiger partial charge in [-0.3, -0.25) is 9.48 Å². The van der Waals surface area contributed by atoms with E-state index in [0.717, 1.165) is 51.6 Å². The lowest BCUT2D eigenvalue weighted by atomic mass is 9.95. The van der Waals surface area contributed by atoms with Gasteiger partial charge in [0.15, 0.2) is 5.65 Å². The van der Waals surface area contributed by atoms with Crippen LogP contribution in [0.5, 0.6) is 5.75 Å². The molecule has 158 valence electrons. The molecule has 1 aliphatic rings. The zero-order valence-corrected chi connectivity index (χ0v) is 18.9. The second-order valence-electron chi connectivity index (χ2n) is 7.91. The molecule has 0 saturated carbocycles. The highest BCUT2D eigenvalue weighted by molar-refractivity contribution is 7.13. The number of thiophene rings is 1. The van der Waals surface area contributed by atoms with Crippen molar-refractivity contribution >= 4 is 34.0 Å². The number of amides is 1. The number of nitrogens with zero attached hydrogens (tertiary/aromatic N) is 4. The fraction of sp³-hybridized carbons (Fsp3) is 0.292. The first kappa shape index (κ1) is 19.8. The molecule has 0 bridgehead atoms. The molecule has 1 aromatic carbocycles. The maximum absolute atomic E-state index is 14.0. The van der Waals surface area contributed by atoms with Crippen LogP contribution in [-0.4, -0.2) is 34.3 Å². The van der Waals surface area contributed by atoms with Gasteiger partial charge in [0.05, 0.1) is 40.0 Å². The van der Waals surface area contributed by atoms with Gasteiger partial charge in [-0.1, -0.05) is 12.1 Å². The Morgan fingerprint density at radius 1 is 1.23 bits per heavy atom. The Hall–Kier alpha value is -3.19. The first-order valence-corrected chi connectivity index (χ1v) is 11.2. The highest BCUT2D eigenvalue weighted by Gasteiger charge is 2.30. The number of carbonyl (C=O) groups excluding carboxylic acids is 1. The number of benzene rings is 1. The predicted molar refractivity (Wildman–Crippen MR) is 124 cm³/mol. The number of rotatable bonds is 3. The van der Waals surface area contributed by atoms with Crippen LogP contribution >= 0.6 is 11.3 Å². The van der Waals surface area contributed by atoms with E-state index < -0.39 is 0 Å². The minimum Gasteiger partial charge on any atom is -0.495 e. The number of hydrogen-bond acceptors (Lipinski definition) is 5. The van der Waals surface area contributed by atoms with Gasteiger partial charge in [0, 0.05) is 13.6 Å². The summed E-state index contributed by atoms with van der Waals surface area (Å²) in [5.41, 5.74) is 6.22. The lowest BCUT2D eigenvalue weighted by molar-refractivity contribution is 0.0986. The van der Waals surface area contributed by atoms with E-state index in [1.807, 2.05) is 48.5 Å². The molecule has 4 heterocycles. The second-order valence-corrected chi connectivity index (χ2v) is 8.86. The van der Waals surface area contributed by atoms with Crippen molar-refractivity contribution in [3.63, 3.8) is 0 Å². The van der Waals surface area contributed by atoms with Crippen LogP contribution in [0.25, 0.3) is 21.6 Å². The third kappa shape index (κ3) is 3.11. The summed E-state index contributed by atoms with van der Waals surface area (Å²) in [5.74, 6) is 0.700. The fourth-order valence-electron chi connectivity index (χ4n) is 4.53. The van der Waals surface area contributed by atoms with Gasteiger partial charge in [0.1, 0.15) is 5.75 Å². The quantitative estimate of drug-likeness (QED) is 0.461. The van der Waals surface area contributed by atoms with Crippen LogP contribution in [0.1, 0.15) is 33.6 Å². The zero-order chi connectivity index (χ0) is 21.7. The molecule has 0 fully saturated rings. The lowest BCUT2D eigenvalue weighted by Crippen LogP contribution is -2.36. The molecule has 4 aromatic rings. The van der Waals surface area contributed by atoms with E-state index in [-0.39, 0.29) is 5.91 Å². The van der Waals surface area contributed by atoms with Gasteiger partial charge in [-0.15, -0.1) is 11.3 Å². The summed E-state index contributed by atoms with van der Waals surface area (Å²) in [6, 6.07) is 9.96. The largest absolute Gasteiger partial charge is 0.495 e. The average Bonchev–Trinajstić information content (AvgIpc) is 3.41. The predicted octanol–water partition coefficient (Wildman–Crippen LogP) is 4.92. The number of hydrogen-bond donors (Lipinski definition) is 0. The first-order valence-electron chi connectivity index (χ1n) is 10.4. The van der Waals surface area contributed by atoms with Gasteiger partial charge in [0.25, 0.3) is 5.91 Å². The molecular formula is C24H24N4O2S. The van der Waals surface area contributed by atoms with Crippen LogP contribution in [0.4, 0.5) is 5.69 Å². The molecule has 0 atom stereocenters. The standard InChI is InChI=1S/C24H24N4O2S/c1-14-9-10-19(30-4)22-16(14)7-5-11-28(22)24(29)17-13-18(20-8-6-12-31-20)25-23-21(17)15(2)26-27(23)3/h6,8-10,12-13H,5,7,11H2,1-4H3. The summed E-state index contributed by atoms with van der Waals surface area (Å²) in [7, 11) is 3.53. The molecule has 31 heavy (non-hydrogen) atoms. The van der Waals surface area contributed by atoms with E-state index in [9.17, 15) is 4.79 Å². The fourth-order valence-corrected chi connectivity index (χ4v) is 5.22. The first-order chi connectivity index (χ1) is 15.0. The number of anilines is 1. The summed E-state index contributed by atoms with van der Waals surface area (Å²) in [4.78, 5) is 21.8. The molecule has 0 spiro atoms. The van der Waals surface area contributed by atoms with Gasteiger partial charge in [-0.2, -0.15) is 5.10 Å². The topological polar surface area (TPSA) is 60.2 Å². The number of aromatic nitrogens is 3. The van der Waals surface area contributed by atoms with Crippen LogP contribution in [0, 0.1) is 13.8 Å². The highest BCUT2D eigenvalue weighted by Crippen LogP contribution is 2.40. The molecule has 1 amide bonds. The van der Waals surface area contributed by atoms with Gasteiger partial charge >= 0.3 is 0 Å². The van der Waals surface area contributed by atoms with Crippen molar-refractivity contribution in [3.05, 3.63) is 58.1 Å². The Morgan fingerprint density at radius 2 is 2.06 bits per heavy atom. The van der Waals surface area contributed by atoms with Crippen molar-refractivity contribution in [2.45, 2.75) is 26.7 Å². The minimum atomic E-state index is -0.0360. The van der Waals surface area contributed by atoms with E-state index in [1.54, 1.807) is 23.1 Å². The Bertz CT molecular complexity index is 1310. The second kappa shape index (κ2) is 7.50. The van der Waals surface area contributed by atoms with Crippen molar-refractivity contribution in [1.29, 1.82) is 0 Å². The summed E-state index contributed by atoms with van der Waals surface area (Å²) < 4.78 is 7.42. The van der Waals surface area contributed by atoms with Crippen molar-refractivity contribution < 1.29 is 9.53 Å². The normalized spacial score (nSPS) is 13.5. The van der Waals surface area contributed by atoms with Gasteiger partial charge in [-0.25, -0.2) is 4.98 Å². The monoisotopic (exact) mass is 432 g/mol. The van der Waals surface area contributed by atoms with Gasteiger partial charge in [-0.05, 0) is 61.4 Å². The molecule has 6 nitrogen and oxygen atoms in total. The lowest BCUT2D eigenvalue weighted by Gasteiger charge is -2.32. The number of ether oxygens (including phenoxy) is 1. The third-order valence-corrected chi connectivity index (χ3v) is 6.89. The van der Waals surface area contributed by atoms with Crippen molar-refractivity contribution in [1.82, 2.24) is 14.8 Å². The minimum absolute atomic E-state index is 0.0360. The van der Waals surface area contributed by atoms with E-state index >= 15 is 0 Å². The molecule has 0 saturated heterocycles. The van der Waals surface area contributed by atoms with Crippen LogP contribution in [-0.2, 0) is 13.5 Å². The Labute approximate surface area is 185 Å². The SMILES string of the molecule is COc1ccc(C)c2c1N(C(=O)c1cc(-c3cccs3)nc3c1c(C)nn3C)CCC2. The number of fused-ring (bicyclic) bond motifs is 2. The number of pyridine rings is 1. The molecule has 7 heteroatoms. The molecule has 0 radical (unpaired) electrons. The van der Waals surface area contributed by atoms with Crippen molar-refractivity contribution in [2.24, 2.45) is 7.05 Å². The van der Waals surface area contributed by atoms with Crippen molar-refractivity contribution in [2.75, 3.05) is 18.6 Å². The zero-order valence-electron chi connectivity index (χ0n) is 18.1. The van der Waals surface area contributed by atoms with E-state index in [1.165, 1.54) is 11.1 Å². The summed E-state index contributed by atoms with van der Waals surface area (Å²) in [6.45, 7) is 4.68. The smallest absolute Gasteiger partial charge is 0.259 e. The summed E-state index contributed by atoms with van der Waals surface area (Å²) in [5, 5.41) is 7.39. The Morgan fingerprint density at radius 3 is 2.81 bits per heavy atom. The maximum Gasteiger partial charge on any atom is 0.259 e. The van der Waals surface area contributed by atoms with Crippen LogP contribution in [0.3, 0.4) is 0 Å². The molecule has 5 rings (SSSR count). The molecule has 0 aliphatic carbocycles. The van der Waals surface area contributed by atoms with Gasteiger partial charge < -0.3 is 9.64 Å². The highest BCUT2D eigenvalue weighted by atomic mass is 32.1. The number of aryl methyl sites for hydroxylation is 3. The third-order valence-electron chi connectivity index (χ3n) is 6.00. The number of methoxy groups -OCH3 is 1. The maximum atomic E-state index is 14.0. The van der Waals surface area contributed by atoms with Crippen LogP contribution in [0.15, 0.2) is 35.7 Å². The summed E-state index contributed by atoms with van der Waals surface area (Å²) >= 11 is 1.61. The molecule has 0 N–H and O–H groups in total.